The van der Waals surface area contributed by atoms with Crippen LogP contribution in [0.1, 0.15) is 36.8 Å². The number of ether oxygens (including phenoxy) is 2. The van der Waals surface area contributed by atoms with Gasteiger partial charge in [0.25, 0.3) is 0 Å². The minimum Gasteiger partial charge on any atom is -0.497 e. The molecule has 1 N–H and O–H groups in total. The number of hydrogen-bond donors (Lipinski definition) is 1. The van der Waals surface area contributed by atoms with Crippen molar-refractivity contribution in [2.75, 3.05) is 31.3 Å². The fourth-order valence-corrected chi connectivity index (χ4v) is 6.64. The maximum absolute atomic E-state index is 14.3. The average molecular weight is 673 g/mol. The minimum absolute atomic E-state index is 0.0460. The predicted molar refractivity (Wildman–Crippen MR) is 171 cm³/mol. The Hall–Kier alpha value is -3.57. The van der Waals surface area contributed by atoms with Crippen LogP contribution in [0, 0.1) is 0 Å². The van der Waals surface area contributed by atoms with Gasteiger partial charge in [-0.05, 0) is 48.2 Å². The lowest BCUT2D eigenvalue weighted by molar-refractivity contribution is -0.140. The number of benzene rings is 3. The number of methoxy groups -OCH3 is 2. The molecule has 9 nitrogen and oxygen atoms in total. The number of nitrogens with zero attached hydrogens (tertiary/aromatic N) is 2. The van der Waals surface area contributed by atoms with Gasteiger partial charge < -0.3 is 19.7 Å². The van der Waals surface area contributed by atoms with Crippen LogP contribution in [0.25, 0.3) is 0 Å². The lowest BCUT2D eigenvalue weighted by atomic mass is 10.0. The zero-order chi connectivity index (χ0) is 31.0. The first-order valence-corrected chi connectivity index (χ1v) is 16.8. The monoisotopic (exact) mass is 671 g/mol. The number of carbonyl (C=O) groups excluding carboxylic acids is 2. The first-order valence-electron chi connectivity index (χ1n) is 14.2. The molecule has 1 fully saturated rings. The van der Waals surface area contributed by atoms with E-state index in [1.54, 1.807) is 18.2 Å². The molecule has 2 amide bonds. The number of nitrogens with one attached hydrogen (secondary N) is 1. The Morgan fingerprint density at radius 2 is 1.65 bits per heavy atom. The van der Waals surface area contributed by atoms with Crippen LogP contribution < -0.4 is 19.1 Å². The van der Waals surface area contributed by atoms with E-state index in [1.807, 2.05) is 54.6 Å². The molecule has 0 heterocycles. The fourth-order valence-electron chi connectivity index (χ4n) is 5.34. The molecular weight excluding hydrogens is 634 g/mol. The minimum atomic E-state index is -3.94. The highest BCUT2D eigenvalue weighted by atomic mass is 79.9. The highest BCUT2D eigenvalue weighted by molar-refractivity contribution is 9.10. The van der Waals surface area contributed by atoms with E-state index < -0.39 is 28.5 Å². The van der Waals surface area contributed by atoms with Gasteiger partial charge in [-0.3, -0.25) is 13.9 Å². The smallest absolute Gasteiger partial charge is 0.244 e. The number of halogens is 1. The van der Waals surface area contributed by atoms with Crippen molar-refractivity contribution in [1.82, 2.24) is 10.2 Å². The van der Waals surface area contributed by atoms with Gasteiger partial charge in [-0.25, -0.2) is 8.42 Å². The van der Waals surface area contributed by atoms with Crippen molar-refractivity contribution in [3.63, 3.8) is 0 Å². The highest BCUT2D eigenvalue weighted by Crippen LogP contribution is 2.34. The lowest BCUT2D eigenvalue weighted by Gasteiger charge is -2.34. The maximum atomic E-state index is 14.3. The Bertz CT molecular complexity index is 1510. The zero-order valence-electron chi connectivity index (χ0n) is 24.7. The van der Waals surface area contributed by atoms with Crippen LogP contribution >= 0.6 is 15.9 Å². The largest absolute Gasteiger partial charge is 0.497 e. The number of hydrogen-bond acceptors (Lipinski definition) is 6. The molecule has 11 heteroatoms. The third kappa shape index (κ3) is 8.73. The van der Waals surface area contributed by atoms with E-state index in [0.717, 1.165) is 51.8 Å². The van der Waals surface area contributed by atoms with E-state index in [0.29, 0.717) is 5.75 Å². The van der Waals surface area contributed by atoms with Crippen LogP contribution in [0.2, 0.25) is 0 Å². The van der Waals surface area contributed by atoms with Gasteiger partial charge >= 0.3 is 0 Å². The van der Waals surface area contributed by atoms with Gasteiger partial charge in [0.05, 0.1) is 26.2 Å². The van der Waals surface area contributed by atoms with E-state index in [2.05, 4.69) is 21.2 Å². The Balaban J connectivity index is 1.75. The molecule has 1 unspecified atom stereocenters. The van der Waals surface area contributed by atoms with Crippen LogP contribution in [0.15, 0.2) is 77.3 Å². The van der Waals surface area contributed by atoms with Crippen LogP contribution in [0.3, 0.4) is 0 Å². The van der Waals surface area contributed by atoms with Crippen molar-refractivity contribution >= 4 is 43.5 Å². The summed E-state index contributed by atoms with van der Waals surface area (Å²) in [4.78, 5) is 29.8. The second kappa shape index (κ2) is 14.7. The molecule has 0 spiro atoms. The second-order valence-electron chi connectivity index (χ2n) is 10.7. The summed E-state index contributed by atoms with van der Waals surface area (Å²) in [5, 5.41) is 3.17. The van der Waals surface area contributed by atoms with Gasteiger partial charge in [-0.15, -0.1) is 0 Å². The summed E-state index contributed by atoms with van der Waals surface area (Å²) >= 11 is 3.50. The summed E-state index contributed by atoms with van der Waals surface area (Å²) < 4.78 is 38.8. The van der Waals surface area contributed by atoms with Gasteiger partial charge in [0.1, 0.15) is 24.1 Å². The molecule has 0 aromatic heterocycles. The summed E-state index contributed by atoms with van der Waals surface area (Å²) in [5.74, 6) is -0.0723. The molecule has 43 heavy (non-hydrogen) atoms. The number of amides is 2. The van der Waals surface area contributed by atoms with E-state index in [-0.39, 0.29) is 36.4 Å². The summed E-state index contributed by atoms with van der Waals surface area (Å²) in [7, 11) is -1.03. The molecule has 1 atom stereocenters. The first kappa shape index (κ1) is 32.3. The third-order valence-electron chi connectivity index (χ3n) is 7.55. The van der Waals surface area contributed by atoms with Gasteiger partial charge in [0, 0.05) is 29.5 Å². The number of anilines is 1. The van der Waals surface area contributed by atoms with Gasteiger partial charge in [-0.1, -0.05) is 71.2 Å². The van der Waals surface area contributed by atoms with E-state index in [1.165, 1.54) is 19.1 Å². The number of rotatable bonds is 13. The van der Waals surface area contributed by atoms with Gasteiger partial charge in [0.2, 0.25) is 21.8 Å². The third-order valence-corrected chi connectivity index (χ3v) is 9.17. The topological polar surface area (TPSA) is 105 Å². The molecular formula is C32H38BrN3O6S. The zero-order valence-corrected chi connectivity index (χ0v) is 27.1. The van der Waals surface area contributed by atoms with E-state index in [4.69, 9.17) is 9.47 Å². The molecule has 3 aromatic rings. The van der Waals surface area contributed by atoms with Crippen molar-refractivity contribution < 1.29 is 27.5 Å². The SMILES string of the molecule is COc1ccc(N(CC(=O)N(Cc2cccc(Br)c2)C(Cc2ccccc2)C(=O)NC2CCCC2)S(C)(=O)=O)c(OC)c1. The molecule has 230 valence electrons. The van der Waals surface area contributed by atoms with Crippen LogP contribution in [0.4, 0.5) is 5.69 Å². The quantitative estimate of drug-likeness (QED) is 0.276. The van der Waals surface area contributed by atoms with Gasteiger partial charge in [-0.2, -0.15) is 0 Å². The van der Waals surface area contributed by atoms with Crippen molar-refractivity contribution in [1.29, 1.82) is 0 Å². The van der Waals surface area contributed by atoms with Crippen LogP contribution in [-0.2, 0) is 32.6 Å². The molecule has 1 saturated carbocycles. The van der Waals surface area contributed by atoms with Crippen molar-refractivity contribution in [2.24, 2.45) is 0 Å². The van der Waals surface area contributed by atoms with Gasteiger partial charge in [0.15, 0.2) is 0 Å². The summed E-state index contributed by atoms with van der Waals surface area (Å²) in [6, 6.07) is 20.9. The summed E-state index contributed by atoms with van der Waals surface area (Å²) in [6.07, 6.45) is 5.18. The molecule has 0 aliphatic heterocycles. The Kier molecular flexibility index (Phi) is 11.1. The van der Waals surface area contributed by atoms with Crippen LogP contribution in [0.5, 0.6) is 11.5 Å². The Morgan fingerprint density at radius 3 is 2.28 bits per heavy atom. The Labute approximate surface area is 262 Å². The second-order valence-corrected chi connectivity index (χ2v) is 13.5. The van der Waals surface area contributed by atoms with E-state index >= 15 is 0 Å². The first-order chi connectivity index (χ1) is 20.6. The molecule has 0 saturated heterocycles. The molecule has 1 aliphatic rings. The lowest BCUT2D eigenvalue weighted by Crippen LogP contribution is -2.54. The Morgan fingerprint density at radius 1 is 0.953 bits per heavy atom. The molecule has 4 rings (SSSR count). The average Bonchev–Trinajstić information content (AvgIpc) is 3.50. The van der Waals surface area contributed by atoms with E-state index in [9.17, 15) is 18.0 Å². The summed E-state index contributed by atoms with van der Waals surface area (Å²) in [5.41, 5.74) is 1.87. The maximum Gasteiger partial charge on any atom is 0.244 e. The standard InChI is InChI=1S/C32H38BrN3O6S/c1-41-27-16-17-28(30(20-27)42-2)36(43(3,39)40)22-31(37)35(21-24-12-9-13-25(33)18-24)29(19-23-10-5-4-6-11-23)32(38)34-26-14-7-8-15-26/h4-6,9-13,16-18,20,26,29H,7-8,14-15,19,21-22H2,1-3H3,(H,34,38). The van der Waals surface area contributed by atoms with Crippen molar-refractivity contribution in [2.45, 2.75) is 50.7 Å². The van der Waals surface area contributed by atoms with Crippen molar-refractivity contribution in [3.05, 3.63) is 88.4 Å². The number of carbonyl (C=O) groups is 2. The molecule has 0 bridgehead atoms. The summed E-state index contributed by atoms with van der Waals surface area (Å²) in [6.45, 7) is -0.428. The van der Waals surface area contributed by atoms with Crippen LogP contribution in [-0.4, -0.2) is 64.2 Å². The highest BCUT2D eigenvalue weighted by Gasteiger charge is 2.35. The number of sulfonamides is 1. The predicted octanol–water partition coefficient (Wildman–Crippen LogP) is 4.93. The van der Waals surface area contributed by atoms with Crippen molar-refractivity contribution in [3.8, 4) is 11.5 Å². The molecule has 3 aromatic carbocycles. The molecule has 1 aliphatic carbocycles. The molecule has 0 radical (unpaired) electrons. The normalized spacial score (nSPS) is 14.1. The fraction of sp³-hybridized carbons (Fsp3) is 0.375.